The third-order valence-electron chi connectivity index (χ3n) is 9.57. The van der Waals surface area contributed by atoms with Crippen molar-refractivity contribution in [1.82, 2.24) is 9.55 Å². The lowest BCUT2D eigenvalue weighted by Crippen LogP contribution is -2.52. The highest BCUT2D eigenvalue weighted by atomic mass is 15.1. The normalized spacial score (nSPS) is 11.7. The van der Waals surface area contributed by atoms with E-state index in [2.05, 4.69) is 72.2 Å². The van der Waals surface area contributed by atoms with Gasteiger partial charge in [-0.05, 0) is 78.8 Å². The lowest BCUT2D eigenvalue weighted by atomic mass is 9.58. The lowest BCUT2D eigenvalue weighted by molar-refractivity contribution is 0.908. The second-order valence-corrected chi connectivity index (χ2v) is 12.1. The first-order chi connectivity index (χ1) is 23.2. The maximum absolute atomic E-state index is 6.87. The van der Waals surface area contributed by atoms with Gasteiger partial charge in [0.25, 0.3) is 0 Å². The third kappa shape index (κ3) is 4.33. The predicted octanol–water partition coefficient (Wildman–Crippen LogP) is 1.94. The summed E-state index contributed by atoms with van der Waals surface area (Å²) in [6.45, 7) is 2.13. The fourth-order valence-electron chi connectivity index (χ4n) is 7.26. The molecule has 8 aromatic rings. The molecule has 0 bridgehead atoms. The molecular formula is C39H21B7N2. The Bertz CT molecular complexity index is 2560. The van der Waals surface area contributed by atoms with E-state index in [0.717, 1.165) is 67.2 Å². The zero-order chi connectivity index (χ0) is 33.4. The van der Waals surface area contributed by atoms with Crippen LogP contribution in [0.25, 0.3) is 71.3 Å². The van der Waals surface area contributed by atoms with E-state index >= 15 is 0 Å². The highest BCUT2D eigenvalue weighted by molar-refractivity contribution is 6.72. The Morgan fingerprint density at radius 2 is 0.958 bits per heavy atom. The van der Waals surface area contributed by atoms with E-state index in [-0.39, 0.29) is 32.8 Å². The Balaban J connectivity index is 1.45. The van der Waals surface area contributed by atoms with Crippen molar-refractivity contribution < 1.29 is 0 Å². The molecule has 0 amide bonds. The molecule has 0 aliphatic rings. The van der Waals surface area contributed by atoms with Crippen LogP contribution in [0.5, 0.6) is 0 Å². The minimum Gasteiger partial charge on any atom is -0.296 e. The second-order valence-electron chi connectivity index (χ2n) is 12.1. The Morgan fingerprint density at radius 3 is 1.52 bits per heavy atom. The topological polar surface area (TPSA) is 17.8 Å². The number of hydrogen-bond donors (Lipinski definition) is 0. The first kappa shape index (κ1) is 30.6. The first-order valence-electron chi connectivity index (χ1n) is 15.8. The average molecular weight is 593 g/mol. The number of fused-ring (bicyclic) bond motifs is 4. The van der Waals surface area contributed by atoms with Crippen LogP contribution in [0, 0.1) is 0 Å². The van der Waals surface area contributed by atoms with E-state index in [9.17, 15) is 0 Å². The molecule has 9 heteroatoms. The smallest absolute Gasteiger partial charge is 0.114 e. The summed E-state index contributed by atoms with van der Waals surface area (Å²) in [5, 5.41) is 4.92. The van der Waals surface area contributed by atoms with Gasteiger partial charge in [0, 0.05) is 12.1 Å². The molecule has 1 aromatic heterocycles. The number of nitrogens with zero attached hydrogens (tertiary/aromatic N) is 2. The molecule has 1 heterocycles. The quantitative estimate of drug-likeness (QED) is 0.226. The minimum atomic E-state index is 0.157. The SMILES string of the molecule is [B]c1c([B])c([B])c2c(-c3c4ccccc4c(-c4ccc(-n5c(CC)nc6ccccc65)cc4)c4ccccc34)c([B])c([B])c([B])c2c1[B]. The zero-order valence-corrected chi connectivity index (χ0v) is 26.4. The summed E-state index contributed by atoms with van der Waals surface area (Å²) in [4.78, 5) is 4.87. The third-order valence-corrected chi connectivity index (χ3v) is 9.57. The van der Waals surface area contributed by atoms with Gasteiger partial charge in [0.2, 0.25) is 0 Å². The Kier molecular flexibility index (Phi) is 7.29. The molecule has 0 aliphatic heterocycles. The molecule has 0 fully saturated rings. The number of imidazole rings is 1. The van der Waals surface area contributed by atoms with Crippen molar-refractivity contribution in [3.63, 3.8) is 0 Å². The summed E-state index contributed by atoms with van der Waals surface area (Å²) in [6.07, 6.45) is 0.815. The van der Waals surface area contributed by atoms with Crippen molar-refractivity contribution in [1.29, 1.82) is 0 Å². The molecule has 0 atom stereocenters. The van der Waals surface area contributed by atoms with Crippen LogP contribution in [-0.2, 0) is 6.42 Å². The van der Waals surface area contributed by atoms with E-state index in [0.29, 0.717) is 21.8 Å². The molecule has 0 saturated carbocycles. The Morgan fingerprint density at radius 1 is 0.479 bits per heavy atom. The van der Waals surface area contributed by atoms with Crippen LogP contribution < -0.4 is 38.2 Å². The van der Waals surface area contributed by atoms with Crippen molar-refractivity contribution in [2.24, 2.45) is 0 Å². The van der Waals surface area contributed by atoms with Gasteiger partial charge in [0.15, 0.2) is 0 Å². The van der Waals surface area contributed by atoms with Gasteiger partial charge in [-0.25, -0.2) is 4.98 Å². The standard InChI is InChI=1S/C39H21B7N2/c1-2-27-47-25-13-7-8-14-26(25)48(27)20-17-15-19(16-18-20)28-21-9-3-5-11-23(21)29(24-12-6-4-10-22(24)28)30-31-32(35(42)37(44)33(30)40)36(43)39(46)38(45)34(31)41/h3-18H,2H2,1H3. The fraction of sp³-hybridized carbons (Fsp3) is 0.0513. The van der Waals surface area contributed by atoms with Crippen LogP contribution in [0.4, 0.5) is 0 Å². The maximum atomic E-state index is 6.87. The van der Waals surface area contributed by atoms with Crippen LogP contribution in [0.3, 0.4) is 0 Å². The van der Waals surface area contributed by atoms with Crippen molar-refractivity contribution in [2.45, 2.75) is 13.3 Å². The van der Waals surface area contributed by atoms with Gasteiger partial charge >= 0.3 is 0 Å². The summed E-state index contributed by atoms with van der Waals surface area (Å²) in [7, 11) is 45.9. The number of hydrogen-bond acceptors (Lipinski definition) is 1. The van der Waals surface area contributed by atoms with Gasteiger partial charge in [0.1, 0.15) is 60.7 Å². The number of benzene rings is 7. The number of para-hydroxylation sites is 2. The molecule has 14 radical (unpaired) electrons. The van der Waals surface area contributed by atoms with Crippen LogP contribution >= 0.6 is 0 Å². The highest BCUT2D eigenvalue weighted by Gasteiger charge is 2.23. The van der Waals surface area contributed by atoms with E-state index < -0.39 is 0 Å². The molecule has 0 unspecified atom stereocenters. The molecular weight excluding hydrogens is 572 g/mol. The molecule has 2 nitrogen and oxygen atoms in total. The van der Waals surface area contributed by atoms with Crippen LogP contribution in [0.15, 0.2) is 97.1 Å². The van der Waals surface area contributed by atoms with E-state index in [4.69, 9.17) is 59.9 Å². The van der Waals surface area contributed by atoms with Gasteiger partial charge < -0.3 is 0 Å². The van der Waals surface area contributed by atoms with Gasteiger partial charge in [0.05, 0.1) is 11.0 Å². The van der Waals surface area contributed by atoms with Gasteiger partial charge in [-0.15, -0.1) is 16.4 Å². The predicted molar refractivity (Wildman–Crippen MR) is 212 cm³/mol. The summed E-state index contributed by atoms with van der Waals surface area (Å²) in [6, 6.07) is 33.4. The molecule has 208 valence electrons. The number of aromatic nitrogens is 2. The molecule has 0 spiro atoms. The molecule has 0 N–H and O–H groups in total. The summed E-state index contributed by atoms with van der Waals surface area (Å²) in [5.41, 5.74) is 8.23. The van der Waals surface area contributed by atoms with E-state index in [1.54, 1.807) is 0 Å². The van der Waals surface area contributed by atoms with Crippen molar-refractivity contribution in [2.75, 3.05) is 0 Å². The lowest BCUT2D eigenvalue weighted by Gasteiger charge is -2.27. The second kappa shape index (κ2) is 11.4. The first-order valence-corrected chi connectivity index (χ1v) is 15.8. The molecule has 7 aromatic carbocycles. The van der Waals surface area contributed by atoms with Gasteiger partial charge in [-0.1, -0.05) is 102 Å². The Hall–Kier alpha value is -4.76. The monoisotopic (exact) mass is 594 g/mol. The van der Waals surface area contributed by atoms with Crippen molar-refractivity contribution in [3.05, 3.63) is 103 Å². The Labute approximate surface area is 289 Å². The minimum absolute atomic E-state index is 0.157. The molecule has 48 heavy (non-hydrogen) atoms. The number of rotatable bonds is 4. The van der Waals surface area contributed by atoms with Crippen LogP contribution in [0.1, 0.15) is 12.7 Å². The van der Waals surface area contributed by atoms with Crippen molar-refractivity contribution in [3.8, 4) is 27.9 Å². The largest absolute Gasteiger partial charge is 0.296 e. The van der Waals surface area contributed by atoms with Crippen LogP contribution in [-0.4, -0.2) is 64.5 Å². The number of aryl methyl sites for hydroxylation is 1. The van der Waals surface area contributed by atoms with Crippen LogP contribution in [0.2, 0.25) is 0 Å². The highest BCUT2D eigenvalue weighted by Crippen LogP contribution is 2.44. The van der Waals surface area contributed by atoms with Crippen molar-refractivity contribution >= 4 is 137 Å². The van der Waals surface area contributed by atoms with Gasteiger partial charge in [-0.2, -0.15) is 0 Å². The van der Waals surface area contributed by atoms with Gasteiger partial charge in [-0.3, -0.25) is 4.57 Å². The van der Waals surface area contributed by atoms with E-state index in [1.807, 2.05) is 36.4 Å². The fourth-order valence-corrected chi connectivity index (χ4v) is 7.26. The maximum Gasteiger partial charge on any atom is 0.114 e. The molecule has 8 rings (SSSR count). The molecule has 0 saturated heterocycles. The summed E-state index contributed by atoms with van der Waals surface area (Å²) < 4.78 is 2.23. The average Bonchev–Trinajstić information content (AvgIpc) is 3.50. The van der Waals surface area contributed by atoms with E-state index in [1.165, 1.54) is 0 Å². The molecule has 0 aliphatic carbocycles. The summed E-state index contributed by atoms with van der Waals surface area (Å²) in [5.74, 6) is 1.01. The summed E-state index contributed by atoms with van der Waals surface area (Å²) >= 11 is 0. The zero-order valence-electron chi connectivity index (χ0n) is 26.4.